The number of benzene rings is 2. The Morgan fingerprint density at radius 3 is 2.00 bits per heavy atom. The highest BCUT2D eigenvalue weighted by molar-refractivity contribution is 7.85. The van der Waals surface area contributed by atoms with Crippen LogP contribution in [0, 0.1) is 0 Å². The van der Waals surface area contributed by atoms with E-state index in [1.54, 1.807) is 12.1 Å². The molecule has 0 aliphatic carbocycles. The Kier molecular flexibility index (Phi) is 5.48. The topological polar surface area (TPSA) is 80.7 Å². The summed E-state index contributed by atoms with van der Waals surface area (Å²) in [5.74, 6) is -3.10. The van der Waals surface area contributed by atoms with Crippen molar-refractivity contribution >= 4 is 16.1 Å². The Morgan fingerprint density at radius 1 is 1.00 bits per heavy atom. The number of ether oxygens (including phenoxy) is 1. The molecule has 1 atom stereocenters. The first kappa shape index (κ1) is 18.9. The first-order chi connectivity index (χ1) is 11.6. The molecule has 0 fully saturated rings. The van der Waals surface area contributed by atoms with Crippen LogP contribution in [0.15, 0.2) is 54.6 Å². The Labute approximate surface area is 141 Å². The molecule has 134 valence electrons. The van der Waals surface area contributed by atoms with E-state index in [4.69, 9.17) is 4.55 Å². The van der Waals surface area contributed by atoms with Crippen molar-refractivity contribution in [3.63, 3.8) is 0 Å². The third-order valence-electron chi connectivity index (χ3n) is 3.20. The van der Waals surface area contributed by atoms with E-state index < -0.39 is 34.1 Å². The number of esters is 1. The normalized spacial score (nSPS) is 13.3. The summed E-state index contributed by atoms with van der Waals surface area (Å²) in [6.45, 7) is 0. The molecule has 2 aromatic carbocycles. The summed E-state index contributed by atoms with van der Waals surface area (Å²) >= 11 is 0. The molecule has 0 aliphatic rings. The third-order valence-corrected chi connectivity index (χ3v) is 3.93. The molecule has 1 unspecified atom stereocenters. The molecule has 0 bridgehead atoms. The highest BCUT2D eigenvalue weighted by Gasteiger charge is 2.45. The molecule has 0 spiro atoms. The van der Waals surface area contributed by atoms with Gasteiger partial charge in [-0.15, -0.1) is 0 Å². The van der Waals surface area contributed by atoms with Crippen molar-refractivity contribution in [2.24, 2.45) is 0 Å². The summed E-state index contributed by atoms with van der Waals surface area (Å²) < 4.78 is 72.4. The second-order valence-electron chi connectivity index (χ2n) is 5.13. The average Bonchev–Trinajstić information content (AvgIpc) is 2.53. The van der Waals surface area contributed by atoms with Crippen molar-refractivity contribution < 1.29 is 35.7 Å². The lowest BCUT2D eigenvalue weighted by atomic mass is 10.0. The van der Waals surface area contributed by atoms with Gasteiger partial charge in [0.2, 0.25) is 6.10 Å². The van der Waals surface area contributed by atoms with Gasteiger partial charge in [-0.05, 0) is 23.3 Å². The maximum absolute atomic E-state index is 12.8. The van der Waals surface area contributed by atoms with Gasteiger partial charge >= 0.3 is 12.1 Å². The predicted octanol–water partition coefficient (Wildman–Crippen LogP) is 3.33. The molecule has 0 saturated carbocycles. The summed E-state index contributed by atoms with van der Waals surface area (Å²) in [6.07, 6.45) is -8.08. The summed E-state index contributed by atoms with van der Waals surface area (Å²) in [4.78, 5) is 11.8. The van der Waals surface area contributed by atoms with E-state index in [-0.39, 0.29) is 5.56 Å². The zero-order chi connectivity index (χ0) is 18.7. The van der Waals surface area contributed by atoms with Crippen LogP contribution < -0.4 is 0 Å². The number of hydrogen-bond donors (Lipinski definition) is 1. The van der Waals surface area contributed by atoms with Gasteiger partial charge in [-0.2, -0.15) is 21.6 Å². The fourth-order valence-electron chi connectivity index (χ4n) is 2.01. The van der Waals surface area contributed by atoms with Gasteiger partial charge in [0.25, 0.3) is 10.1 Å². The molecule has 0 saturated heterocycles. The van der Waals surface area contributed by atoms with Crippen LogP contribution in [0.3, 0.4) is 0 Å². The van der Waals surface area contributed by atoms with E-state index in [1.165, 1.54) is 24.3 Å². The van der Waals surface area contributed by atoms with Crippen molar-refractivity contribution in [1.29, 1.82) is 0 Å². The molecule has 5 nitrogen and oxygen atoms in total. The van der Waals surface area contributed by atoms with Gasteiger partial charge in [-0.1, -0.05) is 42.5 Å². The van der Waals surface area contributed by atoms with Crippen molar-refractivity contribution in [3.8, 4) is 11.1 Å². The lowest BCUT2D eigenvalue weighted by molar-refractivity contribution is -0.197. The first-order valence-corrected chi connectivity index (χ1v) is 8.55. The minimum Gasteiger partial charge on any atom is -0.448 e. The minimum absolute atomic E-state index is 0.177. The Balaban J connectivity index is 2.16. The van der Waals surface area contributed by atoms with E-state index >= 15 is 0 Å². The average molecular weight is 374 g/mol. The summed E-state index contributed by atoms with van der Waals surface area (Å²) in [5.41, 5.74) is 1.41. The van der Waals surface area contributed by atoms with Gasteiger partial charge in [0.15, 0.2) is 0 Å². The Morgan fingerprint density at radius 2 is 1.52 bits per heavy atom. The number of rotatable bonds is 5. The fraction of sp³-hybridized carbons (Fsp3) is 0.188. The molecule has 0 heterocycles. The van der Waals surface area contributed by atoms with Gasteiger partial charge in [0, 0.05) is 0 Å². The fourth-order valence-corrected chi connectivity index (χ4v) is 2.65. The summed E-state index contributed by atoms with van der Waals surface area (Å²) in [5, 5.41) is 0. The standard InChI is InChI=1S/C16H13F3O5S/c17-16(18,19)14(10-25(21,22)23)24-15(20)13-8-6-12(7-9-13)11-4-2-1-3-5-11/h1-9,14H,10H2,(H,21,22,23). The maximum atomic E-state index is 12.8. The number of alkyl halides is 3. The predicted molar refractivity (Wildman–Crippen MR) is 83.6 cm³/mol. The smallest absolute Gasteiger partial charge is 0.426 e. The SMILES string of the molecule is O=C(OC(CS(=O)(=O)O)C(F)(F)F)c1ccc(-c2ccccc2)cc1. The van der Waals surface area contributed by atoms with Gasteiger partial charge < -0.3 is 4.74 Å². The van der Waals surface area contributed by atoms with Crippen LogP contribution in [-0.4, -0.2) is 37.0 Å². The zero-order valence-electron chi connectivity index (χ0n) is 12.6. The van der Waals surface area contributed by atoms with Crippen LogP contribution in [0.1, 0.15) is 10.4 Å². The highest BCUT2D eigenvalue weighted by atomic mass is 32.2. The van der Waals surface area contributed by atoms with E-state index in [9.17, 15) is 26.4 Å². The zero-order valence-corrected chi connectivity index (χ0v) is 13.4. The van der Waals surface area contributed by atoms with Crippen molar-refractivity contribution in [2.45, 2.75) is 12.3 Å². The Bertz CT molecular complexity index is 830. The second kappa shape index (κ2) is 7.24. The summed E-state index contributed by atoms with van der Waals surface area (Å²) in [7, 11) is -4.97. The van der Waals surface area contributed by atoms with Crippen LogP contribution in [0.2, 0.25) is 0 Å². The van der Waals surface area contributed by atoms with Crippen molar-refractivity contribution in [3.05, 3.63) is 60.2 Å². The monoisotopic (exact) mass is 374 g/mol. The van der Waals surface area contributed by atoms with Gasteiger partial charge in [-0.25, -0.2) is 4.79 Å². The largest absolute Gasteiger partial charge is 0.448 e. The van der Waals surface area contributed by atoms with E-state index in [2.05, 4.69) is 4.74 Å². The second-order valence-corrected chi connectivity index (χ2v) is 6.62. The van der Waals surface area contributed by atoms with E-state index in [0.29, 0.717) is 0 Å². The molecule has 0 aliphatic heterocycles. The minimum atomic E-state index is -5.13. The molecule has 0 amide bonds. The number of halogens is 3. The van der Waals surface area contributed by atoms with Crippen LogP contribution in [0.4, 0.5) is 13.2 Å². The number of carbonyl (C=O) groups is 1. The van der Waals surface area contributed by atoms with Gasteiger partial charge in [-0.3, -0.25) is 4.55 Å². The van der Waals surface area contributed by atoms with E-state index in [0.717, 1.165) is 11.1 Å². The highest BCUT2D eigenvalue weighted by Crippen LogP contribution is 2.26. The van der Waals surface area contributed by atoms with Crippen molar-refractivity contribution in [1.82, 2.24) is 0 Å². The molecular formula is C16H13F3O5S. The third kappa shape index (κ3) is 5.57. The molecule has 25 heavy (non-hydrogen) atoms. The first-order valence-electron chi connectivity index (χ1n) is 6.94. The molecular weight excluding hydrogens is 361 g/mol. The Hall–Kier alpha value is -2.39. The van der Waals surface area contributed by atoms with Crippen molar-refractivity contribution in [2.75, 3.05) is 5.75 Å². The molecule has 0 aromatic heterocycles. The quantitative estimate of drug-likeness (QED) is 0.641. The van der Waals surface area contributed by atoms with Crippen LogP contribution >= 0.6 is 0 Å². The van der Waals surface area contributed by atoms with Gasteiger partial charge in [0.1, 0.15) is 5.75 Å². The maximum Gasteiger partial charge on any atom is 0.426 e. The number of hydrogen-bond acceptors (Lipinski definition) is 4. The molecule has 2 aromatic rings. The molecule has 2 rings (SSSR count). The van der Waals surface area contributed by atoms with Crippen LogP contribution in [-0.2, 0) is 14.9 Å². The van der Waals surface area contributed by atoms with E-state index in [1.807, 2.05) is 18.2 Å². The van der Waals surface area contributed by atoms with Crippen LogP contribution in [0.25, 0.3) is 11.1 Å². The molecule has 1 N–H and O–H groups in total. The van der Waals surface area contributed by atoms with Crippen LogP contribution in [0.5, 0.6) is 0 Å². The molecule has 0 radical (unpaired) electrons. The summed E-state index contributed by atoms with van der Waals surface area (Å²) in [6, 6.07) is 14.7. The lowest BCUT2D eigenvalue weighted by Crippen LogP contribution is -2.39. The lowest BCUT2D eigenvalue weighted by Gasteiger charge is -2.19. The van der Waals surface area contributed by atoms with Gasteiger partial charge in [0.05, 0.1) is 5.56 Å². The molecule has 9 heteroatoms. The number of carbonyl (C=O) groups excluding carboxylic acids is 1.